The molecule has 1 aliphatic carbocycles. The summed E-state index contributed by atoms with van der Waals surface area (Å²) in [4.78, 5) is 5.90. The van der Waals surface area contributed by atoms with E-state index in [0.29, 0.717) is 0 Å². The summed E-state index contributed by atoms with van der Waals surface area (Å²) in [5.41, 5.74) is 2.14. The molecule has 22 heavy (non-hydrogen) atoms. The predicted molar refractivity (Wildman–Crippen MR) is 73.4 cm³/mol. The molecule has 6 nitrogen and oxygen atoms in total. The van der Waals surface area contributed by atoms with Gasteiger partial charge in [0, 0.05) is 12.1 Å². The number of hydrogen-bond acceptors (Lipinski definition) is 6. The zero-order valence-corrected chi connectivity index (χ0v) is 13.4. The number of fused-ring (bicyclic) bond motifs is 2. The summed E-state index contributed by atoms with van der Waals surface area (Å²) >= 11 is 1.79. The van der Waals surface area contributed by atoms with E-state index in [9.17, 15) is 0 Å². The van der Waals surface area contributed by atoms with Crippen LogP contribution in [0.2, 0.25) is 0 Å². The van der Waals surface area contributed by atoms with Crippen molar-refractivity contribution in [3.05, 3.63) is 47.8 Å². The largest absolute Gasteiger partial charge is 0.246 e. The third-order valence-corrected chi connectivity index (χ3v) is 3.90. The molecule has 1 aromatic carbocycles. The number of benzene rings is 2. The lowest BCUT2D eigenvalue weighted by molar-refractivity contribution is -2.00. The lowest BCUT2D eigenvalue weighted by Gasteiger charge is -2.17. The number of hydrogen-bond donors (Lipinski definition) is 0. The smallest absolute Gasteiger partial charge is 0.201 e. The fourth-order valence-corrected chi connectivity index (χ4v) is 2.84. The van der Waals surface area contributed by atoms with E-state index in [1.165, 1.54) is 14.9 Å². The van der Waals surface area contributed by atoms with E-state index < -0.39 is 10.2 Å². The first-order chi connectivity index (χ1) is 10.2. The van der Waals surface area contributed by atoms with Crippen LogP contribution in [-0.4, -0.2) is 19.1 Å². The Morgan fingerprint density at radius 1 is 1.00 bits per heavy atom. The van der Waals surface area contributed by atoms with Gasteiger partial charge in [-0.1, -0.05) is 12.1 Å². The molecule has 0 unspecified atom stereocenters. The maximum atomic E-state index is 8.49. The van der Waals surface area contributed by atoms with Crippen molar-refractivity contribution in [1.29, 1.82) is 0 Å². The van der Waals surface area contributed by atoms with Crippen molar-refractivity contribution >= 4 is 21.6 Å². The summed E-state index contributed by atoms with van der Waals surface area (Å²) in [7, 11) is -0.833. The van der Waals surface area contributed by atoms with Crippen LogP contribution in [0.4, 0.5) is 0 Å². The second-order valence-corrected chi connectivity index (χ2v) is 6.45. The summed E-state index contributed by atoms with van der Waals surface area (Å²) in [5, 5.41) is 1.21. The lowest BCUT2D eigenvalue weighted by atomic mass is 10.2. The summed E-state index contributed by atoms with van der Waals surface area (Å²) in [6, 6.07) is 14.7. The first kappa shape index (κ1) is 16.8. The van der Waals surface area contributed by atoms with Crippen LogP contribution in [0, 0.1) is 10.2 Å². The van der Waals surface area contributed by atoms with Gasteiger partial charge < -0.3 is 0 Å². The highest BCUT2D eigenvalue weighted by Crippen LogP contribution is 2.28. The number of halogens is 1. The number of aromatic nitrogens is 1. The zero-order valence-electron chi connectivity index (χ0n) is 11.9. The van der Waals surface area contributed by atoms with Gasteiger partial charge in [0.2, 0.25) is 5.36 Å². The SMILES string of the molecule is C[N+](C)=c1ccc2nc3ccccc3sc-2c1.[O-][Cl+3]([O-])([O-])[O-]. The summed E-state index contributed by atoms with van der Waals surface area (Å²) < 4.78 is 37.3. The molecule has 0 fully saturated rings. The molecule has 0 bridgehead atoms. The highest BCUT2D eigenvalue weighted by atomic mass is 35.7. The molecule has 0 aromatic heterocycles. The molecule has 0 saturated carbocycles. The normalized spacial score (nSPS) is 11.2. The van der Waals surface area contributed by atoms with E-state index in [0.717, 1.165) is 11.2 Å². The standard InChI is InChI=1S/C14H13N2S.ClHO4/c1-16(2)10-7-8-12-14(9-10)17-13-6-4-3-5-11(13)15-12;2-1(3,4)5/h3-9H,1-2H3;(H,2,3,4,5)/q+1;/p-1. The maximum Gasteiger partial charge on any atom is 0.201 e. The van der Waals surface area contributed by atoms with E-state index >= 15 is 0 Å². The predicted octanol–water partition coefficient (Wildman–Crippen LogP) is -2.32. The minimum atomic E-state index is -4.94. The van der Waals surface area contributed by atoms with Gasteiger partial charge in [-0.3, -0.25) is 0 Å². The first-order valence-electron chi connectivity index (χ1n) is 6.16. The van der Waals surface area contributed by atoms with Crippen LogP contribution < -0.4 is 28.6 Å². The van der Waals surface area contributed by atoms with Crippen molar-refractivity contribution in [3.8, 4) is 10.6 Å². The van der Waals surface area contributed by atoms with Gasteiger partial charge in [-0.25, -0.2) is 28.2 Å². The third-order valence-electron chi connectivity index (χ3n) is 2.79. The molecule has 3 rings (SSSR count). The Labute approximate surface area is 132 Å². The van der Waals surface area contributed by atoms with Gasteiger partial charge in [-0.2, -0.15) is 0 Å². The summed E-state index contributed by atoms with van der Waals surface area (Å²) in [5.74, 6) is 0. The summed E-state index contributed by atoms with van der Waals surface area (Å²) in [6.07, 6.45) is 0. The monoisotopic (exact) mass is 340 g/mol. The molecule has 0 spiro atoms. The lowest BCUT2D eigenvalue weighted by Crippen LogP contribution is -2.68. The molecule has 1 aromatic rings. The van der Waals surface area contributed by atoms with Gasteiger partial charge in [0.25, 0.3) is 0 Å². The topological polar surface area (TPSA) is 108 Å². The minimum absolute atomic E-state index is 1.07. The average molecular weight is 341 g/mol. The molecule has 0 atom stereocenters. The quantitative estimate of drug-likeness (QED) is 0.337. The molecule has 0 amide bonds. The minimum Gasteiger partial charge on any atom is -0.246 e. The molecule has 1 aliphatic heterocycles. The average Bonchev–Trinajstić information content (AvgIpc) is 2.42. The summed E-state index contributed by atoms with van der Waals surface area (Å²) in [6.45, 7) is 0. The van der Waals surface area contributed by atoms with E-state index in [2.05, 4.69) is 60.1 Å². The molecular formula is C14H13ClN2O4S. The first-order valence-corrected chi connectivity index (χ1v) is 8.21. The molecule has 2 aliphatic rings. The van der Waals surface area contributed by atoms with Crippen LogP contribution in [0.25, 0.3) is 20.8 Å². The Balaban J connectivity index is 0.000000309. The Kier molecular flexibility index (Phi) is 5.07. The van der Waals surface area contributed by atoms with Gasteiger partial charge in [0.15, 0.2) is 0 Å². The molecular weight excluding hydrogens is 328 g/mol. The van der Waals surface area contributed by atoms with Crippen molar-refractivity contribution in [2.75, 3.05) is 14.1 Å². The van der Waals surface area contributed by atoms with E-state index in [-0.39, 0.29) is 0 Å². The maximum absolute atomic E-state index is 8.49. The van der Waals surface area contributed by atoms with Crippen LogP contribution in [0.3, 0.4) is 0 Å². The van der Waals surface area contributed by atoms with Crippen molar-refractivity contribution in [2.45, 2.75) is 0 Å². The Morgan fingerprint density at radius 2 is 1.64 bits per heavy atom. The fraction of sp³-hybridized carbons (Fsp3) is 0.143. The van der Waals surface area contributed by atoms with Gasteiger partial charge >= 0.3 is 0 Å². The van der Waals surface area contributed by atoms with E-state index in [1.54, 1.807) is 11.3 Å². The van der Waals surface area contributed by atoms with Gasteiger partial charge in [-0.15, -0.1) is 21.6 Å². The zero-order chi connectivity index (χ0) is 16.3. The number of nitrogens with zero attached hydrogens (tertiary/aromatic N) is 2. The number of rotatable bonds is 0. The van der Waals surface area contributed by atoms with Crippen molar-refractivity contribution < 1.29 is 28.9 Å². The van der Waals surface area contributed by atoms with Crippen molar-refractivity contribution in [1.82, 2.24) is 9.56 Å². The molecule has 1 heterocycles. The highest BCUT2D eigenvalue weighted by Gasteiger charge is 2.07. The Hall–Kier alpha value is -1.61. The van der Waals surface area contributed by atoms with Crippen LogP contribution in [-0.2, 0) is 0 Å². The molecule has 0 radical (unpaired) electrons. The van der Waals surface area contributed by atoms with Crippen LogP contribution in [0.15, 0.2) is 42.5 Å². The molecule has 0 N–H and O–H groups in total. The highest BCUT2D eigenvalue weighted by molar-refractivity contribution is 7.21. The molecule has 0 saturated heterocycles. The van der Waals surface area contributed by atoms with Crippen molar-refractivity contribution in [2.24, 2.45) is 0 Å². The molecule has 116 valence electrons. The van der Waals surface area contributed by atoms with E-state index in [4.69, 9.17) is 18.6 Å². The third kappa shape index (κ3) is 4.70. The van der Waals surface area contributed by atoms with Crippen LogP contribution in [0.5, 0.6) is 0 Å². The van der Waals surface area contributed by atoms with Gasteiger partial charge in [-0.05, 0) is 18.2 Å². The number of para-hydroxylation sites is 1. The van der Waals surface area contributed by atoms with Gasteiger partial charge in [0.05, 0.1) is 20.8 Å². The van der Waals surface area contributed by atoms with Crippen LogP contribution >= 0.6 is 11.3 Å². The van der Waals surface area contributed by atoms with Gasteiger partial charge in [0.1, 0.15) is 14.1 Å². The molecule has 8 heteroatoms. The van der Waals surface area contributed by atoms with Crippen molar-refractivity contribution in [3.63, 3.8) is 0 Å². The Bertz CT molecular complexity index is 819. The Morgan fingerprint density at radius 3 is 2.27 bits per heavy atom. The van der Waals surface area contributed by atoms with E-state index in [1.807, 2.05) is 6.07 Å². The van der Waals surface area contributed by atoms with Crippen LogP contribution in [0.1, 0.15) is 0 Å². The fourth-order valence-electron chi connectivity index (χ4n) is 1.84. The second kappa shape index (κ2) is 6.66. The second-order valence-electron chi connectivity index (χ2n) is 4.61.